The van der Waals surface area contributed by atoms with Crippen molar-refractivity contribution < 1.29 is 14.4 Å². The average molecular weight is 342 g/mol. The van der Waals surface area contributed by atoms with Gasteiger partial charge in [-0.15, -0.1) is 0 Å². The molecule has 1 aliphatic carbocycles. The first kappa shape index (κ1) is 16.1. The van der Waals surface area contributed by atoms with E-state index >= 15 is 0 Å². The van der Waals surface area contributed by atoms with Gasteiger partial charge < -0.3 is 10.6 Å². The summed E-state index contributed by atoms with van der Waals surface area (Å²) < 4.78 is 0. The molecule has 2 aliphatic heterocycles. The molecule has 4 rings (SSSR count). The minimum Gasteiger partial charge on any atom is -0.367 e. The van der Waals surface area contributed by atoms with Crippen molar-refractivity contribution in [1.29, 1.82) is 0 Å². The van der Waals surface area contributed by atoms with Gasteiger partial charge in [-0.2, -0.15) is 0 Å². The van der Waals surface area contributed by atoms with Crippen LogP contribution in [0.3, 0.4) is 0 Å². The molecule has 25 heavy (non-hydrogen) atoms. The molecule has 2 N–H and O–H groups in total. The second kappa shape index (κ2) is 5.05. The van der Waals surface area contributed by atoms with Gasteiger partial charge in [0, 0.05) is 12.1 Å². The molecule has 7 nitrogen and oxygen atoms in total. The van der Waals surface area contributed by atoms with Crippen molar-refractivity contribution in [2.45, 2.75) is 36.8 Å². The van der Waals surface area contributed by atoms with E-state index in [2.05, 4.69) is 19.0 Å². The zero-order valence-corrected chi connectivity index (χ0v) is 14.5. The highest BCUT2D eigenvalue weighted by atomic mass is 16.2. The standard InChI is InChI=1S/C18H22N4O3/c1-20(2)17(9-10-17)12-4-6-13(7-5-12)22-15(24)18(14(19)23)8-3-11-21(18)16(22)25/h4-7H,3,8-11H2,1-2H3,(H2,19,23)/t18-/m0/s1. The van der Waals surface area contributed by atoms with Gasteiger partial charge in [-0.3, -0.25) is 14.5 Å². The number of primary amides is 1. The van der Waals surface area contributed by atoms with E-state index in [0.717, 1.165) is 17.7 Å². The van der Waals surface area contributed by atoms with Crippen LogP contribution in [0.2, 0.25) is 0 Å². The summed E-state index contributed by atoms with van der Waals surface area (Å²) in [5, 5.41) is 0. The Morgan fingerprint density at radius 1 is 1.12 bits per heavy atom. The predicted molar refractivity (Wildman–Crippen MR) is 91.8 cm³/mol. The van der Waals surface area contributed by atoms with Crippen molar-refractivity contribution in [3.05, 3.63) is 29.8 Å². The number of anilines is 1. The molecule has 1 atom stereocenters. The number of hydrogen-bond acceptors (Lipinski definition) is 4. The van der Waals surface area contributed by atoms with E-state index in [0.29, 0.717) is 25.1 Å². The number of urea groups is 1. The highest BCUT2D eigenvalue weighted by Crippen LogP contribution is 2.50. The van der Waals surface area contributed by atoms with Gasteiger partial charge in [0.05, 0.1) is 5.69 Å². The number of nitrogens with two attached hydrogens (primary N) is 1. The molecule has 1 aromatic rings. The van der Waals surface area contributed by atoms with Gasteiger partial charge in [0.2, 0.25) is 5.54 Å². The third kappa shape index (κ3) is 1.93. The number of fused-ring (bicyclic) bond motifs is 1. The summed E-state index contributed by atoms with van der Waals surface area (Å²) in [6, 6.07) is 7.03. The Balaban J connectivity index is 1.68. The molecular weight excluding hydrogens is 320 g/mol. The normalized spacial score (nSPS) is 27.2. The number of benzene rings is 1. The molecule has 0 aromatic heterocycles. The van der Waals surface area contributed by atoms with E-state index in [1.807, 2.05) is 12.1 Å². The summed E-state index contributed by atoms with van der Waals surface area (Å²) in [5.74, 6) is -1.27. The summed E-state index contributed by atoms with van der Waals surface area (Å²) in [6.07, 6.45) is 3.10. The lowest BCUT2D eigenvalue weighted by Crippen LogP contribution is -2.55. The van der Waals surface area contributed by atoms with E-state index in [1.54, 1.807) is 12.1 Å². The second-order valence-corrected chi connectivity index (χ2v) is 7.38. The number of carbonyl (C=O) groups excluding carboxylic acids is 3. The molecule has 0 unspecified atom stereocenters. The molecule has 3 aliphatic rings. The van der Waals surface area contributed by atoms with Crippen LogP contribution in [-0.4, -0.2) is 53.8 Å². The number of rotatable bonds is 4. The Bertz CT molecular complexity index is 769. The Labute approximate surface area is 146 Å². The van der Waals surface area contributed by atoms with Crippen LogP contribution in [-0.2, 0) is 15.1 Å². The second-order valence-electron chi connectivity index (χ2n) is 7.38. The van der Waals surface area contributed by atoms with Crippen molar-refractivity contribution >= 4 is 23.5 Å². The first-order chi connectivity index (χ1) is 11.8. The molecule has 0 spiro atoms. The van der Waals surface area contributed by atoms with E-state index in [1.165, 1.54) is 10.5 Å². The van der Waals surface area contributed by atoms with Gasteiger partial charge in [-0.05, 0) is 57.5 Å². The van der Waals surface area contributed by atoms with Gasteiger partial charge in [0.15, 0.2) is 0 Å². The Morgan fingerprint density at radius 3 is 2.24 bits per heavy atom. The van der Waals surface area contributed by atoms with Gasteiger partial charge in [-0.1, -0.05) is 12.1 Å². The van der Waals surface area contributed by atoms with Crippen LogP contribution < -0.4 is 10.6 Å². The molecule has 0 bridgehead atoms. The third-order valence-electron chi connectivity index (χ3n) is 6.01. The summed E-state index contributed by atoms with van der Waals surface area (Å²) >= 11 is 0. The Hall–Kier alpha value is -2.41. The third-order valence-corrected chi connectivity index (χ3v) is 6.01. The molecule has 2 saturated heterocycles. The van der Waals surface area contributed by atoms with Crippen molar-refractivity contribution in [2.75, 3.05) is 25.5 Å². The SMILES string of the molecule is CN(C)C1(c2ccc(N3C(=O)N4CCC[C@]4(C(N)=O)C3=O)cc2)CC1. The van der Waals surface area contributed by atoms with E-state index in [-0.39, 0.29) is 5.54 Å². The monoisotopic (exact) mass is 342 g/mol. The molecular formula is C18H22N4O3. The number of imide groups is 1. The lowest BCUT2D eigenvalue weighted by atomic mass is 9.95. The molecule has 4 amide bonds. The number of carbonyl (C=O) groups is 3. The summed E-state index contributed by atoms with van der Waals surface area (Å²) in [5.41, 5.74) is 5.72. The van der Waals surface area contributed by atoms with Crippen LogP contribution in [0.1, 0.15) is 31.2 Å². The predicted octanol–water partition coefficient (Wildman–Crippen LogP) is 1.02. The van der Waals surface area contributed by atoms with E-state index in [9.17, 15) is 14.4 Å². The van der Waals surface area contributed by atoms with E-state index < -0.39 is 23.4 Å². The smallest absolute Gasteiger partial charge is 0.332 e. The molecule has 1 saturated carbocycles. The first-order valence-corrected chi connectivity index (χ1v) is 8.59. The maximum absolute atomic E-state index is 12.9. The number of hydrogen-bond donors (Lipinski definition) is 1. The molecule has 7 heteroatoms. The van der Waals surface area contributed by atoms with Crippen LogP contribution >= 0.6 is 0 Å². The summed E-state index contributed by atoms with van der Waals surface area (Å²) in [7, 11) is 4.11. The van der Waals surface area contributed by atoms with Crippen LogP contribution in [0.4, 0.5) is 10.5 Å². The topological polar surface area (TPSA) is 86.9 Å². The molecule has 3 fully saturated rings. The van der Waals surface area contributed by atoms with Crippen LogP contribution in [0.25, 0.3) is 0 Å². The summed E-state index contributed by atoms with van der Waals surface area (Å²) in [4.78, 5) is 42.3. The van der Waals surface area contributed by atoms with Gasteiger partial charge in [-0.25, -0.2) is 9.69 Å². The maximum atomic E-state index is 12.9. The van der Waals surface area contributed by atoms with Crippen LogP contribution in [0.15, 0.2) is 24.3 Å². The fourth-order valence-corrected chi connectivity index (χ4v) is 4.32. The summed E-state index contributed by atoms with van der Waals surface area (Å²) in [6.45, 7) is 0.381. The highest BCUT2D eigenvalue weighted by molar-refractivity contribution is 6.31. The van der Waals surface area contributed by atoms with E-state index in [4.69, 9.17) is 5.73 Å². The lowest BCUT2D eigenvalue weighted by Gasteiger charge is -2.25. The van der Waals surface area contributed by atoms with Gasteiger partial charge in [0.25, 0.3) is 11.8 Å². The van der Waals surface area contributed by atoms with Crippen LogP contribution in [0.5, 0.6) is 0 Å². The highest BCUT2D eigenvalue weighted by Gasteiger charge is 2.63. The molecule has 2 heterocycles. The minimum atomic E-state index is -1.50. The quantitative estimate of drug-likeness (QED) is 0.654. The fourth-order valence-electron chi connectivity index (χ4n) is 4.32. The molecule has 1 aromatic carbocycles. The fraction of sp³-hybridized carbons (Fsp3) is 0.500. The number of amides is 4. The molecule has 132 valence electrons. The van der Waals surface area contributed by atoms with Crippen LogP contribution in [0, 0.1) is 0 Å². The lowest BCUT2D eigenvalue weighted by molar-refractivity contribution is -0.136. The van der Waals surface area contributed by atoms with Crippen molar-refractivity contribution in [3.63, 3.8) is 0 Å². The Kier molecular flexibility index (Phi) is 3.25. The average Bonchev–Trinajstić information content (AvgIpc) is 3.21. The van der Waals surface area contributed by atoms with Crippen molar-refractivity contribution in [1.82, 2.24) is 9.80 Å². The zero-order valence-electron chi connectivity index (χ0n) is 14.5. The molecule has 0 radical (unpaired) electrons. The number of nitrogens with zero attached hydrogens (tertiary/aromatic N) is 3. The maximum Gasteiger partial charge on any atom is 0.332 e. The Morgan fingerprint density at radius 2 is 1.76 bits per heavy atom. The van der Waals surface area contributed by atoms with Crippen molar-refractivity contribution in [3.8, 4) is 0 Å². The minimum absolute atomic E-state index is 0.0615. The first-order valence-electron chi connectivity index (χ1n) is 8.59. The van der Waals surface area contributed by atoms with Crippen molar-refractivity contribution in [2.24, 2.45) is 5.73 Å². The van der Waals surface area contributed by atoms with Gasteiger partial charge >= 0.3 is 6.03 Å². The largest absolute Gasteiger partial charge is 0.367 e. The zero-order chi connectivity index (χ0) is 18.0. The van der Waals surface area contributed by atoms with Gasteiger partial charge in [0.1, 0.15) is 0 Å².